The third-order valence-electron chi connectivity index (χ3n) is 4.23. The summed E-state index contributed by atoms with van der Waals surface area (Å²) in [5.41, 5.74) is 2.01. The molecule has 26 heavy (non-hydrogen) atoms. The van der Waals surface area contributed by atoms with Crippen molar-refractivity contribution in [2.24, 2.45) is 0 Å². The molecule has 2 aromatic rings. The highest BCUT2D eigenvalue weighted by atomic mass is 32.1. The molecule has 0 saturated heterocycles. The number of hydrogen-bond donors (Lipinski definition) is 2. The summed E-state index contributed by atoms with van der Waals surface area (Å²) >= 11 is 5.37. The summed E-state index contributed by atoms with van der Waals surface area (Å²) < 4.78 is 0. The van der Waals surface area contributed by atoms with Crippen LogP contribution < -0.4 is 10.6 Å². The van der Waals surface area contributed by atoms with Crippen molar-refractivity contribution in [2.45, 2.75) is 19.9 Å². The minimum absolute atomic E-state index is 0.0557. The molecule has 2 aromatic carbocycles. The summed E-state index contributed by atoms with van der Waals surface area (Å²) in [6.45, 7) is 6.85. The smallest absolute Gasteiger partial charge is 0.269 e. The Morgan fingerprint density at radius 2 is 1.73 bits per heavy atom. The van der Waals surface area contributed by atoms with Crippen LogP contribution in [0.5, 0.6) is 0 Å². The van der Waals surface area contributed by atoms with E-state index in [1.165, 1.54) is 17.7 Å². The second-order valence-corrected chi connectivity index (χ2v) is 6.19. The minimum Gasteiger partial charge on any atom is -0.361 e. The molecule has 0 unspecified atom stereocenters. The van der Waals surface area contributed by atoms with Gasteiger partial charge in [-0.05, 0) is 43.0 Å². The Kier molecular flexibility index (Phi) is 7.50. The molecule has 0 spiro atoms. The molecule has 138 valence electrons. The van der Waals surface area contributed by atoms with Crippen LogP contribution >= 0.6 is 12.2 Å². The van der Waals surface area contributed by atoms with E-state index in [0.717, 1.165) is 13.1 Å². The lowest BCUT2D eigenvalue weighted by atomic mass is 10.1. The van der Waals surface area contributed by atoms with E-state index in [0.29, 0.717) is 17.3 Å². The molecule has 2 rings (SSSR count). The van der Waals surface area contributed by atoms with Crippen LogP contribution in [0.4, 0.5) is 11.4 Å². The Labute approximate surface area is 159 Å². The Bertz CT molecular complexity index is 718. The van der Waals surface area contributed by atoms with Gasteiger partial charge in [0.2, 0.25) is 0 Å². The first-order valence-corrected chi connectivity index (χ1v) is 9.04. The maximum absolute atomic E-state index is 10.7. The van der Waals surface area contributed by atoms with Crippen molar-refractivity contribution in [1.29, 1.82) is 0 Å². The molecule has 6 nitrogen and oxygen atoms in total. The number of non-ortho nitro benzene ring substituents is 1. The molecule has 7 heteroatoms. The first-order chi connectivity index (χ1) is 12.5. The quantitative estimate of drug-likeness (QED) is 0.415. The van der Waals surface area contributed by atoms with E-state index >= 15 is 0 Å². The molecule has 0 aliphatic heterocycles. The number of rotatable bonds is 8. The van der Waals surface area contributed by atoms with E-state index in [-0.39, 0.29) is 11.7 Å². The number of nitrogens with one attached hydrogen (secondary N) is 2. The number of nitrogens with zero attached hydrogens (tertiary/aromatic N) is 2. The predicted octanol–water partition coefficient (Wildman–Crippen LogP) is 3.96. The Hall–Kier alpha value is -2.51. The third kappa shape index (κ3) is 5.50. The van der Waals surface area contributed by atoms with Gasteiger partial charge in [0.15, 0.2) is 5.11 Å². The molecule has 2 N–H and O–H groups in total. The standard InChI is InChI=1S/C19H24N4O2S/c1-3-22(4-2)18(15-8-6-5-7-9-15)14-20-19(26)21-16-10-12-17(13-11-16)23(24)25/h5-13,18H,3-4,14H2,1-2H3,(H2,20,21,26)/t18-/m0/s1. The number of hydrogen-bond acceptors (Lipinski definition) is 4. The average Bonchev–Trinajstić information content (AvgIpc) is 2.66. The number of nitro groups is 1. The van der Waals surface area contributed by atoms with Crippen LogP contribution in [0.1, 0.15) is 25.5 Å². The molecule has 0 bridgehead atoms. The van der Waals surface area contributed by atoms with E-state index in [1.807, 2.05) is 18.2 Å². The van der Waals surface area contributed by atoms with Gasteiger partial charge in [0.25, 0.3) is 5.69 Å². The van der Waals surface area contributed by atoms with E-state index in [1.54, 1.807) is 12.1 Å². The van der Waals surface area contributed by atoms with Gasteiger partial charge in [-0.15, -0.1) is 0 Å². The van der Waals surface area contributed by atoms with Gasteiger partial charge in [-0.25, -0.2) is 0 Å². The summed E-state index contributed by atoms with van der Waals surface area (Å²) in [7, 11) is 0. The van der Waals surface area contributed by atoms with Crippen molar-refractivity contribution in [2.75, 3.05) is 25.0 Å². The van der Waals surface area contributed by atoms with E-state index in [2.05, 4.69) is 41.5 Å². The lowest BCUT2D eigenvalue weighted by molar-refractivity contribution is -0.384. The van der Waals surface area contributed by atoms with Gasteiger partial charge in [0.1, 0.15) is 0 Å². The van der Waals surface area contributed by atoms with Gasteiger partial charge >= 0.3 is 0 Å². The monoisotopic (exact) mass is 372 g/mol. The number of anilines is 1. The molecule has 0 aromatic heterocycles. The first kappa shape index (κ1) is 19.8. The van der Waals surface area contributed by atoms with Crippen molar-refractivity contribution in [3.8, 4) is 0 Å². The lowest BCUT2D eigenvalue weighted by Crippen LogP contribution is -2.39. The number of nitro benzene ring substituents is 1. The molecule has 0 saturated carbocycles. The van der Waals surface area contributed by atoms with Gasteiger partial charge in [-0.3, -0.25) is 15.0 Å². The highest BCUT2D eigenvalue weighted by molar-refractivity contribution is 7.80. The second-order valence-electron chi connectivity index (χ2n) is 5.79. The van der Waals surface area contributed by atoms with Gasteiger partial charge in [0.05, 0.1) is 11.0 Å². The van der Waals surface area contributed by atoms with Crippen molar-refractivity contribution < 1.29 is 4.92 Å². The molecular formula is C19H24N4O2S. The normalized spacial score (nSPS) is 11.8. The first-order valence-electron chi connectivity index (χ1n) is 8.63. The van der Waals surface area contributed by atoms with Crippen LogP contribution in [0.2, 0.25) is 0 Å². The van der Waals surface area contributed by atoms with Crippen LogP contribution in [0, 0.1) is 10.1 Å². The van der Waals surface area contributed by atoms with Crippen molar-refractivity contribution in [3.63, 3.8) is 0 Å². The zero-order valence-electron chi connectivity index (χ0n) is 15.0. The number of benzene rings is 2. The van der Waals surface area contributed by atoms with Gasteiger partial charge in [-0.1, -0.05) is 44.2 Å². The van der Waals surface area contributed by atoms with Crippen LogP contribution in [-0.4, -0.2) is 34.6 Å². The topological polar surface area (TPSA) is 70.4 Å². The Morgan fingerprint density at radius 1 is 1.12 bits per heavy atom. The van der Waals surface area contributed by atoms with Crippen LogP contribution in [0.15, 0.2) is 54.6 Å². The lowest BCUT2D eigenvalue weighted by Gasteiger charge is -2.30. The summed E-state index contributed by atoms with van der Waals surface area (Å²) in [4.78, 5) is 12.7. The average molecular weight is 372 g/mol. The fourth-order valence-corrected chi connectivity index (χ4v) is 3.03. The highest BCUT2D eigenvalue weighted by Gasteiger charge is 2.18. The third-order valence-corrected chi connectivity index (χ3v) is 4.48. The van der Waals surface area contributed by atoms with E-state index in [4.69, 9.17) is 12.2 Å². The zero-order chi connectivity index (χ0) is 18.9. The fourth-order valence-electron chi connectivity index (χ4n) is 2.83. The second kappa shape index (κ2) is 9.84. The highest BCUT2D eigenvalue weighted by Crippen LogP contribution is 2.20. The molecule has 0 aliphatic rings. The number of thiocarbonyl (C=S) groups is 1. The van der Waals surface area contributed by atoms with Gasteiger partial charge < -0.3 is 10.6 Å². The molecule has 0 fully saturated rings. The predicted molar refractivity (Wildman–Crippen MR) is 109 cm³/mol. The molecule has 0 radical (unpaired) electrons. The summed E-state index contributed by atoms with van der Waals surface area (Å²) in [6.07, 6.45) is 0. The number of likely N-dealkylation sites (N-methyl/N-ethyl adjacent to an activating group) is 1. The van der Waals surface area contributed by atoms with Gasteiger partial charge in [0, 0.05) is 24.4 Å². The fraction of sp³-hybridized carbons (Fsp3) is 0.316. The van der Waals surface area contributed by atoms with Crippen molar-refractivity contribution in [1.82, 2.24) is 10.2 Å². The van der Waals surface area contributed by atoms with Crippen LogP contribution in [0.25, 0.3) is 0 Å². The summed E-state index contributed by atoms with van der Waals surface area (Å²) in [6, 6.07) is 16.7. The molecule has 0 aliphatic carbocycles. The summed E-state index contributed by atoms with van der Waals surface area (Å²) in [5, 5.41) is 17.5. The Balaban J connectivity index is 1.99. The SMILES string of the molecule is CCN(CC)[C@@H](CNC(=S)Nc1ccc([N+](=O)[O-])cc1)c1ccccc1. The maximum atomic E-state index is 10.7. The molecule has 0 heterocycles. The largest absolute Gasteiger partial charge is 0.361 e. The summed E-state index contributed by atoms with van der Waals surface area (Å²) in [5.74, 6) is 0. The van der Waals surface area contributed by atoms with Crippen LogP contribution in [-0.2, 0) is 0 Å². The molecular weight excluding hydrogens is 348 g/mol. The zero-order valence-corrected chi connectivity index (χ0v) is 15.8. The molecule has 1 atom stereocenters. The molecule has 0 amide bonds. The minimum atomic E-state index is -0.422. The van der Waals surface area contributed by atoms with E-state index in [9.17, 15) is 10.1 Å². The maximum Gasteiger partial charge on any atom is 0.269 e. The van der Waals surface area contributed by atoms with Gasteiger partial charge in [-0.2, -0.15) is 0 Å². The van der Waals surface area contributed by atoms with Crippen molar-refractivity contribution in [3.05, 3.63) is 70.3 Å². The Morgan fingerprint density at radius 3 is 2.27 bits per heavy atom. The van der Waals surface area contributed by atoms with E-state index < -0.39 is 4.92 Å². The van der Waals surface area contributed by atoms with Crippen molar-refractivity contribution >= 4 is 28.7 Å². The van der Waals surface area contributed by atoms with Crippen LogP contribution in [0.3, 0.4) is 0 Å².